The zero-order valence-electron chi connectivity index (χ0n) is 8.86. The van der Waals surface area contributed by atoms with E-state index in [1.54, 1.807) is 12.3 Å². The molecular formula is C11H14N4. The van der Waals surface area contributed by atoms with Gasteiger partial charge in [0.25, 0.3) is 0 Å². The average molecular weight is 202 g/mol. The van der Waals surface area contributed by atoms with E-state index in [1.165, 1.54) is 0 Å². The van der Waals surface area contributed by atoms with Gasteiger partial charge in [0.05, 0.1) is 16.9 Å². The molecule has 15 heavy (non-hydrogen) atoms. The van der Waals surface area contributed by atoms with Crippen molar-refractivity contribution in [1.29, 1.82) is 0 Å². The van der Waals surface area contributed by atoms with Crippen LogP contribution >= 0.6 is 0 Å². The lowest BCUT2D eigenvalue weighted by Gasteiger charge is -2.18. The third kappa shape index (κ3) is 1.44. The van der Waals surface area contributed by atoms with E-state index in [0.29, 0.717) is 11.4 Å². The van der Waals surface area contributed by atoms with Crippen molar-refractivity contribution in [2.45, 2.75) is 0 Å². The first-order valence-electron chi connectivity index (χ1n) is 4.71. The lowest BCUT2D eigenvalue weighted by molar-refractivity contribution is 1.14. The fraction of sp³-hybridized carbons (Fsp3) is 0.182. The zero-order valence-corrected chi connectivity index (χ0v) is 8.86. The molecule has 4 nitrogen and oxygen atoms in total. The molecule has 0 aliphatic carbocycles. The highest BCUT2D eigenvalue weighted by molar-refractivity contribution is 6.03. The van der Waals surface area contributed by atoms with Gasteiger partial charge in [-0.1, -0.05) is 0 Å². The molecule has 1 aromatic heterocycles. The van der Waals surface area contributed by atoms with Gasteiger partial charge in [-0.3, -0.25) is 4.98 Å². The zero-order chi connectivity index (χ0) is 11.0. The number of hydrogen-bond acceptors (Lipinski definition) is 4. The Balaban J connectivity index is 2.90. The van der Waals surface area contributed by atoms with Gasteiger partial charge in [-0.15, -0.1) is 0 Å². The Morgan fingerprint density at radius 3 is 2.60 bits per heavy atom. The van der Waals surface area contributed by atoms with Gasteiger partial charge in [0.1, 0.15) is 0 Å². The molecule has 4 heteroatoms. The standard InChI is InChI=1S/C11H14N4/c1-15(2)11-9(13)6-8(12)7-4-3-5-14-10(7)11/h3-6H,12-13H2,1-2H3. The minimum Gasteiger partial charge on any atom is -0.398 e. The van der Waals surface area contributed by atoms with Crippen LogP contribution in [0.1, 0.15) is 0 Å². The predicted molar refractivity (Wildman–Crippen MR) is 64.9 cm³/mol. The number of rotatable bonds is 1. The van der Waals surface area contributed by atoms with Crippen molar-refractivity contribution in [1.82, 2.24) is 4.98 Å². The maximum atomic E-state index is 5.93. The summed E-state index contributed by atoms with van der Waals surface area (Å²) < 4.78 is 0. The summed E-state index contributed by atoms with van der Waals surface area (Å²) in [6.45, 7) is 0. The first kappa shape index (κ1) is 9.58. The van der Waals surface area contributed by atoms with Crippen LogP contribution in [0.3, 0.4) is 0 Å². The second-order valence-corrected chi connectivity index (χ2v) is 3.70. The molecule has 0 radical (unpaired) electrons. The summed E-state index contributed by atoms with van der Waals surface area (Å²) in [5.41, 5.74) is 14.9. The van der Waals surface area contributed by atoms with Crippen LogP contribution in [0.4, 0.5) is 17.1 Å². The van der Waals surface area contributed by atoms with E-state index in [0.717, 1.165) is 16.6 Å². The molecule has 1 aromatic carbocycles. The smallest absolute Gasteiger partial charge is 0.0977 e. The van der Waals surface area contributed by atoms with E-state index >= 15 is 0 Å². The molecule has 0 spiro atoms. The van der Waals surface area contributed by atoms with Crippen LogP contribution < -0.4 is 16.4 Å². The van der Waals surface area contributed by atoms with Crippen molar-refractivity contribution in [2.24, 2.45) is 0 Å². The summed E-state index contributed by atoms with van der Waals surface area (Å²) in [7, 11) is 3.88. The molecule has 0 aliphatic heterocycles. The highest BCUT2D eigenvalue weighted by Crippen LogP contribution is 2.33. The minimum absolute atomic E-state index is 0.656. The summed E-state index contributed by atoms with van der Waals surface area (Å²) in [6, 6.07) is 5.60. The van der Waals surface area contributed by atoms with Gasteiger partial charge in [0, 0.05) is 31.4 Å². The number of benzene rings is 1. The van der Waals surface area contributed by atoms with E-state index in [1.807, 2.05) is 31.1 Å². The van der Waals surface area contributed by atoms with E-state index < -0.39 is 0 Å². The lowest BCUT2D eigenvalue weighted by atomic mass is 10.1. The first-order valence-corrected chi connectivity index (χ1v) is 4.71. The monoisotopic (exact) mass is 202 g/mol. The topological polar surface area (TPSA) is 68.2 Å². The maximum absolute atomic E-state index is 5.93. The number of nitrogens with zero attached hydrogens (tertiary/aromatic N) is 2. The molecule has 0 amide bonds. The van der Waals surface area contributed by atoms with Crippen LogP contribution in [-0.2, 0) is 0 Å². The van der Waals surface area contributed by atoms with E-state index in [9.17, 15) is 0 Å². The highest BCUT2D eigenvalue weighted by atomic mass is 15.1. The quantitative estimate of drug-likeness (QED) is 0.687. The fourth-order valence-corrected chi connectivity index (χ4v) is 1.75. The van der Waals surface area contributed by atoms with Crippen LogP contribution in [0.15, 0.2) is 24.4 Å². The Labute approximate surface area is 88.5 Å². The van der Waals surface area contributed by atoms with Gasteiger partial charge < -0.3 is 16.4 Å². The minimum atomic E-state index is 0.656. The summed E-state index contributed by atoms with van der Waals surface area (Å²) in [5, 5.41) is 0.940. The molecule has 2 rings (SSSR count). The van der Waals surface area contributed by atoms with Crippen LogP contribution in [0.25, 0.3) is 10.9 Å². The average Bonchev–Trinajstić information content (AvgIpc) is 2.17. The van der Waals surface area contributed by atoms with Crippen LogP contribution in [-0.4, -0.2) is 19.1 Å². The normalized spacial score (nSPS) is 10.5. The lowest BCUT2D eigenvalue weighted by Crippen LogP contribution is -2.12. The highest BCUT2D eigenvalue weighted by Gasteiger charge is 2.10. The number of nitrogen functional groups attached to an aromatic ring is 2. The Morgan fingerprint density at radius 2 is 1.93 bits per heavy atom. The number of pyridine rings is 1. The molecule has 1 heterocycles. The van der Waals surface area contributed by atoms with Gasteiger partial charge in [-0.2, -0.15) is 0 Å². The van der Waals surface area contributed by atoms with E-state index in [2.05, 4.69) is 4.98 Å². The Hall–Kier alpha value is -1.97. The van der Waals surface area contributed by atoms with Gasteiger partial charge in [-0.05, 0) is 18.2 Å². The van der Waals surface area contributed by atoms with Crippen molar-refractivity contribution in [3.05, 3.63) is 24.4 Å². The number of aromatic nitrogens is 1. The molecule has 0 bridgehead atoms. The Morgan fingerprint density at radius 1 is 1.20 bits per heavy atom. The Bertz CT molecular complexity index is 505. The van der Waals surface area contributed by atoms with Crippen LogP contribution in [0, 0.1) is 0 Å². The summed E-state index contributed by atoms with van der Waals surface area (Å²) >= 11 is 0. The molecule has 0 atom stereocenters. The SMILES string of the molecule is CN(C)c1c(N)cc(N)c2cccnc12. The van der Waals surface area contributed by atoms with E-state index in [-0.39, 0.29) is 0 Å². The van der Waals surface area contributed by atoms with Crippen LogP contribution in [0.2, 0.25) is 0 Å². The second kappa shape index (κ2) is 3.31. The van der Waals surface area contributed by atoms with Gasteiger partial charge in [-0.25, -0.2) is 0 Å². The van der Waals surface area contributed by atoms with Crippen LogP contribution in [0.5, 0.6) is 0 Å². The Kier molecular flexibility index (Phi) is 2.11. The maximum Gasteiger partial charge on any atom is 0.0977 e. The summed E-state index contributed by atoms with van der Waals surface area (Å²) in [5.74, 6) is 0. The van der Waals surface area contributed by atoms with Crippen molar-refractivity contribution in [2.75, 3.05) is 30.5 Å². The van der Waals surface area contributed by atoms with Crippen molar-refractivity contribution < 1.29 is 0 Å². The number of anilines is 3. The molecule has 0 saturated heterocycles. The van der Waals surface area contributed by atoms with Crippen molar-refractivity contribution >= 4 is 28.0 Å². The molecule has 4 N–H and O–H groups in total. The van der Waals surface area contributed by atoms with Gasteiger partial charge >= 0.3 is 0 Å². The molecule has 2 aromatic rings. The third-order valence-electron chi connectivity index (χ3n) is 2.37. The van der Waals surface area contributed by atoms with Crippen molar-refractivity contribution in [3.63, 3.8) is 0 Å². The number of fused-ring (bicyclic) bond motifs is 1. The molecule has 0 saturated carbocycles. The molecular weight excluding hydrogens is 188 g/mol. The summed E-state index contributed by atoms with van der Waals surface area (Å²) in [6.07, 6.45) is 1.74. The molecule has 0 fully saturated rings. The number of hydrogen-bond donors (Lipinski definition) is 2. The number of nitrogens with two attached hydrogens (primary N) is 2. The molecule has 0 aliphatic rings. The molecule has 0 unspecified atom stereocenters. The van der Waals surface area contributed by atoms with E-state index in [4.69, 9.17) is 11.5 Å². The first-order chi connectivity index (χ1) is 7.11. The predicted octanol–water partition coefficient (Wildman–Crippen LogP) is 1.47. The van der Waals surface area contributed by atoms with Gasteiger partial charge in [0.2, 0.25) is 0 Å². The second-order valence-electron chi connectivity index (χ2n) is 3.70. The fourth-order valence-electron chi connectivity index (χ4n) is 1.75. The summed E-state index contributed by atoms with van der Waals surface area (Å²) in [4.78, 5) is 6.27. The van der Waals surface area contributed by atoms with Gasteiger partial charge in [0.15, 0.2) is 0 Å². The van der Waals surface area contributed by atoms with Crippen molar-refractivity contribution in [3.8, 4) is 0 Å². The third-order valence-corrected chi connectivity index (χ3v) is 2.37. The largest absolute Gasteiger partial charge is 0.398 e. The molecule has 78 valence electrons.